The summed E-state index contributed by atoms with van der Waals surface area (Å²) in [6.07, 6.45) is 1.90. The lowest BCUT2D eigenvalue weighted by Gasteiger charge is -2.35. The molecule has 0 aromatic carbocycles. The maximum absolute atomic E-state index is 10.6. The first-order valence-electron chi connectivity index (χ1n) is 6.46. The van der Waals surface area contributed by atoms with Crippen LogP contribution in [0.3, 0.4) is 0 Å². The first-order chi connectivity index (χ1) is 9.65. The Labute approximate surface area is 114 Å². The number of hydrogen-bond acceptors (Lipinski definition) is 6. The van der Waals surface area contributed by atoms with E-state index in [0.29, 0.717) is 17.3 Å². The van der Waals surface area contributed by atoms with E-state index in [4.69, 9.17) is 10.2 Å². The molecule has 2 heterocycles. The van der Waals surface area contributed by atoms with Gasteiger partial charge in [0.05, 0.1) is 0 Å². The SMILES string of the molecule is O=C(O)CC1CC(Nc2ccc3nnc(CO)n3n2)C1. The average molecular weight is 277 g/mol. The quantitative estimate of drug-likeness (QED) is 0.719. The van der Waals surface area contributed by atoms with Gasteiger partial charge in [-0.3, -0.25) is 4.79 Å². The Morgan fingerprint density at radius 1 is 1.40 bits per heavy atom. The summed E-state index contributed by atoms with van der Waals surface area (Å²) in [6.45, 7) is -0.221. The second-order valence-electron chi connectivity index (χ2n) is 5.04. The molecule has 1 saturated carbocycles. The summed E-state index contributed by atoms with van der Waals surface area (Å²) in [7, 11) is 0. The highest BCUT2D eigenvalue weighted by molar-refractivity contribution is 5.67. The van der Waals surface area contributed by atoms with Crippen molar-refractivity contribution in [1.82, 2.24) is 19.8 Å². The Kier molecular flexibility index (Phi) is 3.23. The van der Waals surface area contributed by atoms with Gasteiger partial charge in [-0.1, -0.05) is 0 Å². The molecule has 0 radical (unpaired) electrons. The molecule has 2 aromatic rings. The molecule has 1 aliphatic carbocycles. The molecule has 106 valence electrons. The Morgan fingerprint density at radius 2 is 2.20 bits per heavy atom. The average Bonchev–Trinajstić information content (AvgIpc) is 2.78. The number of rotatable bonds is 5. The summed E-state index contributed by atoms with van der Waals surface area (Å²) in [4.78, 5) is 10.6. The van der Waals surface area contributed by atoms with Crippen molar-refractivity contribution in [3.05, 3.63) is 18.0 Å². The Bertz CT molecular complexity index is 635. The highest BCUT2D eigenvalue weighted by Crippen LogP contribution is 2.32. The van der Waals surface area contributed by atoms with Gasteiger partial charge in [-0.2, -0.15) is 4.52 Å². The minimum atomic E-state index is -0.745. The number of aromatic nitrogens is 4. The third kappa shape index (κ3) is 2.42. The molecule has 0 saturated heterocycles. The summed E-state index contributed by atoms with van der Waals surface area (Å²) < 4.78 is 1.50. The lowest BCUT2D eigenvalue weighted by atomic mass is 9.78. The number of aliphatic hydroxyl groups excluding tert-OH is 1. The number of fused-ring (bicyclic) bond motifs is 1. The van der Waals surface area contributed by atoms with Gasteiger partial charge in [-0.15, -0.1) is 15.3 Å². The highest BCUT2D eigenvalue weighted by Gasteiger charge is 2.30. The summed E-state index contributed by atoms with van der Waals surface area (Å²) in [5.41, 5.74) is 0.581. The van der Waals surface area contributed by atoms with Crippen LogP contribution in [0.2, 0.25) is 0 Å². The van der Waals surface area contributed by atoms with Crippen LogP contribution < -0.4 is 5.32 Å². The largest absolute Gasteiger partial charge is 0.481 e. The number of aliphatic hydroxyl groups is 1. The van der Waals surface area contributed by atoms with Crippen LogP contribution in [0.15, 0.2) is 12.1 Å². The molecule has 3 rings (SSSR count). The molecule has 0 atom stereocenters. The Morgan fingerprint density at radius 3 is 2.90 bits per heavy atom. The molecule has 3 N–H and O–H groups in total. The molecule has 1 fully saturated rings. The van der Waals surface area contributed by atoms with Crippen LogP contribution in [0.5, 0.6) is 0 Å². The lowest BCUT2D eigenvalue weighted by Crippen LogP contribution is -2.36. The third-order valence-corrected chi connectivity index (χ3v) is 3.52. The molecule has 0 spiro atoms. The Balaban J connectivity index is 1.65. The van der Waals surface area contributed by atoms with Gasteiger partial charge in [-0.25, -0.2) is 0 Å². The maximum atomic E-state index is 10.6. The van der Waals surface area contributed by atoms with Crippen molar-refractivity contribution < 1.29 is 15.0 Å². The number of aliphatic carboxylic acids is 1. The Hall–Kier alpha value is -2.22. The molecule has 8 heteroatoms. The number of carbonyl (C=O) groups is 1. The number of nitrogens with one attached hydrogen (secondary N) is 1. The van der Waals surface area contributed by atoms with Crippen molar-refractivity contribution in [3.8, 4) is 0 Å². The second-order valence-corrected chi connectivity index (χ2v) is 5.04. The lowest BCUT2D eigenvalue weighted by molar-refractivity contribution is -0.138. The molecule has 0 aliphatic heterocycles. The summed E-state index contributed by atoms with van der Waals surface area (Å²) in [5.74, 6) is 0.563. The van der Waals surface area contributed by atoms with Crippen molar-refractivity contribution >= 4 is 17.4 Å². The van der Waals surface area contributed by atoms with Crippen LogP contribution in [-0.4, -0.2) is 42.0 Å². The minimum absolute atomic E-state index is 0.221. The fourth-order valence-corrected chi connectivity index (χ4v) is 2.49. The standard InChI is InChI=1S/C12H15N5O3/c18-6-11-15-14-10-2-1-9(16-17(10)11)13-8-3-7(4-8)5-12(19)20/h1-2,7-8,18H,3-6H2,(H,13,16)(H,19,20). The number of nitrogens with zero attached hydrogens (tertiary/aromatic N) is 4. The van der Waals surface area contributed by atoms with Crippen LogP contribution in [0, 0.1) is 5.92 Å². The van der Waals surface area contributed by atoms with E-state index in [1.54, 1.807) is 12.1 Å². The van der Waals surface area contributed by atoms with Crippen LogP contribution in [0.4, 0.5) is 5.82 Å². The predicted molar refractivity (Wildman–Crippen MR) is 69.1 cm³/mol. The first-order valence-corrected chi connectivity index (χ1v) is 6.46. The number of carboxylic acids is 1. The van der Waals surface area contributed by atoms with Crippen LogP contribution in [0.1, 0.15) is 25.1 Å². The monoisotopic (exact) mass is 277 g/mol. The van der Waals surface area contributed by atoms with Crippen molar-refractivity contribution in [2.75, 3.05) is 5.32 Å². The van der Waals surface area contributed by atoms with Crippen molar-refractivity contribution in [1.29, 1.82) is 0 Å². The third-order valence-electron chi connectivity index (χ3n) is 3.52. The van der Waals surface area contributed by atoms with Crippen LogP contribution >= 0.6 is 0 Å². The molecule has 20 heavy (non-hydrogen) atoms. The zero-order chi connectivity index (χ0) is 14.1. The summed E-state index contributed by atoms with van der Waals surface area (Å²) in [6, 6.07) is 3.82. The number of carboxylic acid groups (broad SMARTS) is 1. The normalized spacial score (nSPS) is 21.6. The molecule has 2 aromatic heterocycles. The van der Waals surface area contributed by atoms with E-state index < -0.39 is 5.97 Å². The molecular formula is C12H15N5O3. The van der Waals surface area contributed by atoms with Crippen molar-refractivity contribution in [2.24, 2.45) is 5.92 Å². The van der Waals surface area contributed by atoms with Gasteiger partial charge >= 0.3 is 5.97 Å². The summed E-state index contributed by atoms with van der Waals surface area (Å²) in [5, 5.41) is 33.1. The van der Waals surface area contributed by atoms with Gasteiger partial charge in [-0.05, 0) is 30.9 Å². The van der Waals surface area contributed by atoms with Gasteiger partial charge in [0.15, 0.2) is 11.5 Å². The number of anilines is 1. The van der Waals surface area contributed by atoms with Crippen molar-refractivity contribution in [2.45, 2.75) is 31.9 Å². The van der Waals surface area contributed by atoms with E-state index in [2.05, 4.69) is 20.6 Å². The maximum Gasteiger partial charge on any atom is 0.303 e. The molecule has 0 bridgehead atoms. The van der Waals surface area contributed by atoms with E-state index in [1.807, 2.05) is 0 Å². The molecule has 1 aliphatic rings. The van der Waals surface area contributed by atoms with Crippen LogP contribution in [0.25, 0.3) is 5.65 Å². The first kappa shape index (κ1) is 12.8. The van der Waals surface area contributed by atoms with E-state index in [1.165, 1.54) is 4.52 Å². The van der Waals surface area contributed by atoms with E-state index in [-0.39, 0.29) is 25.0 Å². The van der Waals surface area contributed by atoms with Crippen LogP contribution in [-0.2, 0) is 11.4 Å². The molecule has 0 unspecified atom stereocenters. The highest BCUT2D eigenvalue weighted by atomic mass is 16.4. The van der Waals surface area contributed by atoms with Crippen molar-refractivity contribution in [3.63, 3.8) is 0 Å². The van der Waals surface area contributed by atoms with Gasteiger partial charge < -0.3 is 15.5 Å². The smallest absolute Gasteiger partial charge is 0.303 e. The predicted octanol–water partition coefficient (Wildman–Crippen LogP) is 0.282. The fourth-order valence-electron chi connectivity index (χ4n) is 2.49. The zero-order valence-corrected chi connectivity index (χ0v) is 10.7. The van der Waals surface area contributed by atoms with Gasteiger partial charge in [0.1, 0.15) is 12.4 Å². The minimum Gasteiger partial charge on any atom is -0.481 e. The molecule has 8 nitrogen and oxygen atoms in total. The van der Waals surface area contributed by atoms with E-state index in [0.717, 1.165) is 12.8 Å². The topological polar surface area (TPSA) is 113 Å². The van der Waals surface area contributed by atoms with Gasteiger partial charge in [0, 0.05) is 12.5 Å². The summed E-state index contributed by atoms with van der Waals surface area (Å²) >= 11 is 0. The van der Waals surface area contributed by atoms with E-state index in [9.17, 15) is 4.79 Å². The molecular weight excluding hydrogens is 262 g/mol. The zero-order valence-electron chi connectivity index (χ0n) is 10.7. The molecule has 0 amide bonds. The number of hydrogen-bond donors (Lipinski definition) is 3. The fraction of sp³-hybridized carbons (Fsp3) is 0.500. The second kappa shape index (κ2) is 5.04. The van der Waals surface area contributed by atoms with Gasteiger partial charge in [0.2, 0.25) is 0 Å². The van der Waals surface area contributed by atoms with E-state index >= 15 is 0 Å². The van der Waals surface area contributed by atoms with Gasteiger partial charge in [0.25, 0.3) is 0 Å².